The van der Waals surface area contributed by atoms with E-state index in [9.17, 15) is 0 Å². The molecule has 0 aliphatic heterocycles. The molecular weight excluding hydrogens is 198 g/mol. The lowest BCUT2D eigenvalue weighted by Crippen LogP contribution is -2.27. The number of hydrogen-bond acceptors (Lipinski definition) is 3. The van der Waals surface area contributed by atoms with Crippen molar-refractivity contribution in [2.45, 2.75) is 13.0 Å². The van der Waals surface area contributed by atoms with E-state index in [0.29, 0.717) is 0 Å². The summed E-state index contributed by atoms with van der Waals surface area (Å²) in [6.07, 6.45) is 5.38. The summed E-state index contributed by atoms with van der Waals surface area (Å²) < 4.78 is 0. The summed E-state index contributed by atoms with van der Waals surface area (Å²) in [6, 6.07) is 9.59. The molecule has 0 fully saturated rings. The van der Waals surface area contributed by atoms with E-state index in [2.05, 4.69) is 16.3 Å². The Morgan fingerprint density at radius 2 is 2.19 bits per heavy atom. The maximum Gasteiger partial charge on any atom is 0.124 e. The minimum absolute atomic E-state index is 0.344. The predicted molar refractivity (Wildman–Crippen MR) is 65.4 cm³/mol. The van der Waals surface area contributed by atoms with Gasteiger partial charge < -0.3 is 0 Å². The molecule has 16 heavy (non-hydrogen) atoms. The Morgan fingerprint density at radius 1 is 1.44 bits per heavy atom. The number of nitrogens with one attached hydrogen (secondary N) is 1. The molecule has 0 spiro atoms. The smallest absolute Gasteiger partial charge is 0.124 e. The first-order valence-corrected chi connectivity index (χ1v) is 5.05. The minimum atomic E-state index is -0.344. The van der Waals surface area contributed by atoms with Gasteiger partial charge in [0.1, 0.15) is 6.04 Å². The maximum atomic E-state index is 5.38. The number of para-hydroxylation sites is 1. The number of fused-ring (bicyclic) bond motifs is 1. The van der Waals surface area contributed by atoms with Gasteiger partial charge in [-0.25, -0.2) is 5.43 Å². The van der Waals surface area contributed by atoms with Gasteiger partial charge >= 0.3 is 0 Å². The number of aromatic nitrogens is 1. The summed E-state index contributed by atoms with van der Waals surface area (Å²) in [5.41, 5.74) is 5.43. The molecule has 1 unspecified atom stereocenters. The highest BCUT2D eigenvalue weighted by atomic mass is 15.2. The van der Waals surface area contributed by atoms with E-state index < -0.39 is 0 Å². The van der Waals surface area contributed by atoms with E-state index in [-0.39, 0.29) is 6.04 Å². The molecule has 0 aliphatic rings. The molecule has 2 aromatic rings. The molecule has 0 saturated heterocycles. The molecule has 0 saturated carbocycles. The number of terminal acetylenes is 1. The van der Waals surface area contributed by atoms with Gasteiger partial charge in [0, 0.05) is 5.39 Å². The summed E-state index contributed by atoms with van der Waals surface area (Å²) >= 11 is 0. The second-order valence-corrected chi connectivity index (χ2v) is 3.65. The largest absolute Gasteiger partial charge is 0.270 e. The molecule has 1 atom stereocenters. The van der Waals surface area contributed by atoms with E-state index in [1.807, 2.05) is 37.3 Å². The average molecular weight is 211 g/mol. The lowest BCUT2D eigenvalue weighted by molar-refractivity contribution is 0.658. The zero-order valence-electron chi connectivity index (χ0n) is 9.07. The highest BCUT2D eigenvalue weighted by molar-refractivity contribution is 5.82. The van der Waals surface area contributed by atoms with Crippen molar-refractivity contribution >= 4 is 10.9 Å². The van der Waals surface area contributed by atoms with Crippen LogP contribution in [-0.2, 0) is 0 Å². The summed E-state index contributed by atoms with van der Waals surface area (Å²) in [4.78, 5) is 4.49. The Bertz CT molecular complexity index is 555. The van der Waals surface area contributed by atoms with Gasteiger partial charge in [0.2, 0.25) is 0 Å². The third-order valence-electron chi connectivity index (χ3n) is 2.57. The average Bonchev–Trinajstić information content (AvgIpc) is 2.31. The van der Waals surface area contributed by atoms with Crippen LogP contribution in [0.4, 0.5) is 0 Å². The summed E-state index contributed by atoms with van der Waals surface area (Å²) in [7, 11) is 0. The molecule has 1 heterocycles. The van der Waals surface area contributed by atoms with Gasteiger partial charge in [-0.2, -0.15) is 0 Å². The van der Waals surface area contributed by atoms with Crippen LogP contribution in [0.5, 0.6) is 0 Å². The highest BCUT2D eigenvalue weighted by Gasteiger charge is 2.09. The Hall–Kier alpha value is -1.89. The standard InChI is InChI=1S/C13H13N3/c1-3-11(16-14)13-8-9(2)10-6-4-5-7-12(10)15-13/h1,4-8,11,16H,14H2,2H3. The van der Waals surface area contributed by atoms with Crippen molar-refractivity contribution in [3.05, 3.63) is 41.6 Å². The highest BCUT2D eigenvalue weighted by Crippen LogP contribution is 2.20. The van der Waals surface area contributed by atoms with Crippen LogP contribution in [0.1, 0.15) is 17.3 Å². The van der Waals surface area contributed by atoms with Crippen molar-refractivity contribution in [2.75, 3.05) is 0 Å². The second-order valence-electron chi connectivity index (χ2n) is 3.65. The predicted octanol–water partition coefficient (Wildman–Crippen LogP) is 1.68. The van der Waals surface area contributed by atoms with Crippen molar-refractivity contribution in [3.8, 4) is 12.3 Å². The second kappa shape index (κ2) is 4.31. The fourth-order valence-corrected chi connectivity index (χ4v) is 1.74. The molecule has 0 aliphatic carbocycles. The van der Waals surface area contributed by atoms with Crippen LogP contribution in [-0.4, -0.2) is 4.98 Å². The molecular formula is C13H13N3. The SMILES string of the molecule is C#CC(NN)c1cc(C)c2ccccc2n1. The molecule has 3 heteroatoms. The van der Waals surface area contributed by atoms with Crippen LogP contribution in [0.25, 0.3) is 10.9 Å². The summed E-state index contributed by atoms with van der Waals surface area (Å²) in [5.74, 6) is 7.94. The maximum absolute atomic E-state index is 5.38. The Balaban J connectivity index is 2.63. The fourth-order valence-electron chi connectivity index (χ4n) is 1.74. The molecule has 1 aromatic heterocycles. The number of benzene rings is 1. The molecule has 0 bridgehead atoms. The summed E-state index contributed by atoms with van der Waals surface area (Å²) in [5, 5.41) is 1.14. The molecule has 3 N–H and O–H groups in total. The zero-order chi connectivity index (χ0) is 11.5. The van der Waals surface area contributed by atoms with Crippen LogP contribution in [0.3, 0.4) is 0 Å². The van der Waals surface area contributed by atoms with Gasteiger partial charge in [-0.05, 0) is 24.6 Å². The van der Waals surface area contributed by atoms with Crippen LogP contribution < -0.4 is 11.3 Å². The third-order valence-corrected chi connectivity index (χ3v) is 2.57. The molecule has 0 amide bonds. The van der Waals surface area contributed by atoms with Gasteiger partial charge in [0.05, 0.1) is 11.2 Å². The fraction of sp³-hybridized carbons (Fsp3) is 0.154. The van der Waals surface area contributed by atoms with Crippen molar-refractivity contribution in [1.82, 2.24) is 10.4 Å². The normalized spacial score (nSPS) is 12.3. The Labute approximate surface area is 94.7 Å². The third kappa shape index (κ3) is 1.76. The zero-order valence-corrected chi connectivity index (χ0v) is 9.07. The molecule has 0 radical (unpaired) electrons. The monoisotopic (exact) mass is 211 g/mol. The first-order valence-electron chi connectivity index (χ1n) is 5.05. The Kier molecular flexibility index (Phi) is 2.86. The first-order chi connectivity index (χ1) is 7.76. The van der Waals surface area contributed by atoms with E-state index in [4.69, 9.17) is 12.3 Å². The van der Waals surface area contributed by atoms with E-state index >= 15 is 0 Å². The van der Waals surface area contributed by atoms with Crippen molar-refractivity contribution in [3.63, 3.8) is 0 Å². The quantitative estimate of drug-likeness (QED) is 0.451. The van der Waals surface area contributed by atoms with Crippen LogP contribution in [0, 0.1) is 19.3 Å². The van der Waals surface area contributed by atoms with Crippen molar-refractivity contribution in [2.24, 2.45) is 5.84 Å². The van der Waals surface area contributed by atoms with E-state index in [0.717, 1.165) is 22.2 Å². The number of nitrogens with zero attached hydrogens (tertiary/aromatic N) is 1. The van der Waals surface area contributed by atoms with Gasteiger partial charge in [-0.3, -0.25) is 10.8 Å². The lowest BCUT2D eigenvalue weighted by Gasteiger charge is -2.11. The van der Waals surface area contributed by atoms with Crippen LogP contribution in [0.15, 0.2) is 30.3 Å². The number of aryl methyl sites for hydroxylation is 1. The number of nitrogens with two attached hydrogens (primary N) is 1. The van der Waals surface area contributed by atoms with Gasteiger partial charge in [-0.1, -0.05) is 24.1 Å². The number of hydrazine groups is 1. The van der Waals surface area contributed by atoms with Crippen LogP contribution >= 0.6 is 0 Å². The Morgan fingerprint density at radius 3 is 2.88 bits per heavy atom. The van der Waals surface area contributed by atoms with Crippen molar-refractivity contribution < 1.29 is 0 Å². The molecule has 2 rings (SSSR count). The van der Waals surface area contributed by atoms with E-state index in [1.54, 1.807) is 0 Å². The lowest BCUT2D eigenvalue weighted by atomic mass is 10.1. The minimum Gasteiger partial charge on any atom is -0.270 e. The topological polar surface area (TPSA) is 50.9 Å². The molecule has 80 valence electrons. The van der Waals surface area contributed by atoms with Gasteiger partial charge in [0.25, 0.3) is 0 Å². The number of pyridine rings is 1. The van der Waals surface area contributed by atoms with E-state index in [1.165, 1.54) is 0 Å². The van der Waals surface area contributed by atoms with Crippen LogP contribution in [0.2, 0.25) is 0 Å². The van der Waals surface area contributed by atoms with Crippen molar-refractivity contribution in [1.29, 1.82) is 0 Å². The summed E-state index contributed by atoms with van der Waals surface area (Å²) in [6.45, 7) is 2.04. The number of rotatable bonds is 2. The van der Waals surface area contributed by atoms with Gasteiger partial charge in [0.15, 0.2) is 0 Å². The number of hydrogen-bond donors (Lipinski definition) is 2. The van der Waals surface area contributed by atoms with Gasteiger partial charge in [-0.15, -0.1) is 6.42 Å². The molecule has 1 aromatic carbocycles. The molecule has 3 nitrogen and oxygen atoms in total. The first kappa shape index (κ1) is 10.6.